The van der Waals surface area contributed by atoms with Gasteiger partial charge in [-0.15, -0.1) is 0 Å². The third kappa shape index (κ3) is 7.35. The van der Waals surface area contributed by atoms with Crippen LogP contribution in [0.3, 0.4) is 0 Å². The van der Waals surface area contributed by atoms with Crippen molar-refractivity contribution in [2.75, 3.05) is 12.3 Å². The van der Waals surface area contributed by atoms with Crippen LogP contribution >= 0.6 is 6.57 Å². The molecule has 1 aliphatic heterocycles. The zero-order valence-corrected chi connectivity index (χ0v) is 25.4. The number of carbonyl (C=O) groups is 2. The Hall–Kier alpha value is -2.47. The Morgan fingerprint density at radius 2 is 1.67 bits per heavy atom. The second-order valence-corrected chi connectivity index (χ2v) is 13.7. The summed E-state index contributed by atoms with van der Waals surface area (Å²) < 4.78 is 67.3. The monoisotopic (exact) mass is 641 g/mol. The van der Waals surface area contributed by atoms with E-state index in [-0.39, 0.29) is 17.0 Å². The van der Waals surface area contributed by atoms with Gasteiger partial charge in [0.1, 0.15) is 30.0 Å². The number of nitrogens with zero attached hydrogens (tertiary/aromatic N) is 4. The second-order valence-electron chi connectivity index (χ2n) is 10.2. The van der Waals surface area contributed by atoms with E-state index in [1.54, 1.807) is 27.7 Å². The predicted molar refractivity (Wildman–Crippen MR) is 147 cm³/mol. The summed E-state index contributed by atoms with van der Waals surface area (Å²) in [7, 11) is 0. The van der Waals surface area contributed by atoms with Gasteiger partial charge in [-0.25, -0.2) is 38.3 Å². The molecule has 14 nitrogen and oxygen atoms in total. The molecule has 1 fully saturated rings. The summed E-state index contributed by atoms with van der Waals surface area (Å²) >= 11 is 5.57. The van der Waals surface area contributed by atoms with Gasteiger partial charge in [0.15, 0.2) is 36.0 Å². The number of alkyl halides is 3. The van der Waals surface area contributed by atoms with Crippen LogP contribution in [-0.4, -0.2) is 91.8 Å². The number of aromatic nitrogens is 4. The number of nitrogens with one attached hydrogen (secondary N) is 2. The molecule has 2 aromatic rings. The lowest BCUT2D eigenvalue weighted by atomic mass is 9.97. The Morgan fingerprint density at radius 3 is 2.17 bits per heavy atom. The summed E-state index contributed by atoms with van der Waals surface area (Å²) in [4.78, 5) is 36.7. The number of nitrogens with two attached hydrogens (primary N) is 1. The molecule has 0 aromatic carbocycles. The van der Waals surface area contributed by atoms with E-state index >= 15 is 4.39 Å². The molecule has 3 heterocycles. The van der Waals surface area contributed by atoms with Crippen molar-refractivity contribution in [1.29, 1.82) is 0 Å². The molecule has 0 bridgehead atoms. The quantitative estimate of drug-likeness (QED) is 0.183. The average molecular weight is 642 g/mol. The maximum absolute atomic E-state index is 15.5. The summed E-state index contributed by atoms with van der Waals surface area (Å²) in [5, 5.41) is 16.2. The van der Waals surface area contributed by atoms with Crippen molar-refractivity contribution < 1.29 is 46.6 Å². The summed E-state index contributed by atoms with van der Waals surface area (Å²) in [6.45, 7) is 4.32. The van der Waals surface area contributed by atoms with Crippen molar-refractivity contribution >= 4 is 47.3 Å². The number of rotatable bonds is 13. The number of ether oxygens (including phenoxy) is 3. The van der Waals surface area contributed by atoms with Crippen molar-refractivity contribution in [2.24, 2.45) is 0 Å². The SMILES string of the molecule is CC(C)OC(=O)[C@H](C)NP(=S)(N[C@@H](C)C(=O)OC(C)C)OC[C@@]1(C(F)F)O[C@@H](n2cnc3c(N)ncnc32)[C@H](F)[C@@H]1O. The summed E-state index contributed by atoms with van der Waals surface area (Å²) in [6.07, 6.45) is -8.91. The molecule has 0 unspecified atom stereocenters. The molecule has 1 saturated heterocycles. The molecule has 2 aromatic heterocycles. The van der Waals surface area contributed by atoms with E-state index in [0.717, 1.165) is 17.2 Å². The highest BCUT2D eigenvalue weighted by molar-refractivity contribution is 8.10. The lowest BCUT2D eigenvalue weighted by Crippen LogP contribution is -2.53. The Labute approximate surface area is 245 Å². The molecule has 3 rings (SSSR count). The van der Waals surface area contributed by atoms with E-state index < -0.39 is 79.9 Å². The molecule has 0 amide bonds. The van der Waals surface area contributed by atoms with Crippen LogP contribution < -0.4 is 15.9 Å². The van der Waals surface area contributed by atoms with Gasteiger partial charge in [0.2, 0.25) is 0 Å². The maximum Gasteiger partial charge on any atom is 0.323 e. The van der Waals surface area contributed by atoms with Crippen LogP contribution in [-0.2, 0) is 40.1 Å². The van der Waals surface area contributed by atoms with E-state index in [9.17, 15) is 23.5 Å². The maximum atomic E-state index is 15.5. The van der Waals surface area contributed by atoms with Crippen molar-refractivity contribution in [3.8, 4) is 0 Å². The Kier molecular flexibility index (Phi) is 10.9. The molecule has 236 valence electrons. The minimum absolute atomic E-state index is 0.0169. The standard InChI is InChI=1S/C23H35F3N7O7PS/c1-10(2)38-20(35)12(5)31-41(42,32-13(6)21(36)39-11(3)4)37-7-23(22(25)26)16(34)14(24)19(40-23)33-9-30-15-17(27)28-8-29-18(15)33/h8-14,16,19,22,34H,7H2,1-6H3,(H2,27,28,29)(H2,31,32,42)/t12-,13-,14+,16-,19+,23+/m0/s1. The smallest absolute Gasteiger partial charge is 0.323 e. The average Bonchev–Trinajstić information content (AvgIpc) is 3.42. The fourth-order valence-corrected chi connectivity index (χ4v) is 6.95. The summed E-state index contributed by atoms with van der Waals surface area (Å²) in [5.41, 5.74) is 2.88. The van der Waals surface area contributed by atoms with E-state index in [4.69, 9.17) is 36.3 Å². The molecule has 0 saturated carbocycles. The zero-order chi connectivity index (χ0) is 31.6. The van der Waals surface area contributed by atoms with Crippen molar-refractivity contribution in [3.05, 3.63) is 12.7 Å². The van der Waals surface area contributed by atoms with Crippen LogP contribution in [0, 0.1) is 0 Å². The first-order valence-corrected chi connectivity index (χ1v) is 15.7. The van der Waals surface area contributed by atoms with Crippen LogP contribution in [0.1, 0.15) is 47.8 Å². The highest BCUT2D eigenvalue weighted by Crippen LogP contribution is 2.48. The molecule has 0 spiro atoms. The zero-order valence-electron chi connectivity index (χ0n) is 23.7. The molecule has 5 N–H and O–H groups in total. The molecule has 0 radical (unpaired) electrons. The number of imidazole rings is 1. The van der Waals surface area contributed by atoms with Crippen LogP contribution in [0.25, 0.3) is 11.2 Å². The number of aliphatic hydroxyl groups excluding tert-OH is 1. The Balaban J connectivity index is 1.91. The Morgan fingerprint density at radius 1 is 1.12 bits per heavy atom. The summed E-state index contributed by atoms with van der Waals surface area (Å²) in [5.74, 6) is -1.51. The molecule has 0 aliphatic carbocycles. The van der Waals surface area contributed by atoms with E-state index in [2.05, 4.69) is 25.1 Å². The topological polar surface area (TPSA) is 185 Å². The number of aliphatic hydroxyl groups is 1. The molecular weight excluding hydrogens is 606 g/mol. The normalized spacial score (nSPS) is 24.5. The van der Waals surface area contributed by atoms with Gasteiger partial charge in [-0.3, -0.25) is 14.2 Å². The van der Waals surface area contributed by atoms with Crippen LogP contribution in [0.2, 0.25) is 0 Å². The van der Waals surface area contributed by atoms with Crippen LogP contribution in [0.4, 0.5) is 19.0 Å². The van der Waals surface area contributed by atoms with E-state index in [1.165, 1.54) is 13.8 Å². The largest absolute Gasteiger partial charge is 0.462 e. The number of esters is 2. The number of halogens is 3. The molecule has 1 aliphatic rings. The highest BCUT2D eigenvalue weighted by Gasteiger charge is 2.62. The van der Waals surface area contributed by atoms with E-state index in [0.29, 0.717) is 0 Å². The summed E-state index contributed by atoms with van der Waals surface area (Å²) in [6, 6.07) is -2.25. The number of anilines is 1. The third-order valence-corrected chi connectivity index (χ3v) is 8.95. The molecule has 19 heteroatoms. The van der Waals surface area contributed by atoms with Gasteiger partial charge < -0.3 is 29.6 Å². The lowest BCUT2D eigenvalue weighted by molar-refractivity contribution is -0.190. The Bertz CT molecular complexity index is 1290. The highest BCUT2D eigenvalue weighted by atomic mass is 32.4. The number of carbonyl (C=O) groups excluding carboxylic acids is 2. The van der Waals surface area contributed by atoms with Gasteiger partial charge in [-0.05, 0) is 53.3 Å². The number of hydrogen-bond donors (Lipinski definition) is 4. The number of hydrogen-bond acceptors (Lipinski definition) is 12. The molecular formula is C23H35F3N7O7PS. The minimum atomic E-state index is -3.80. The van der Waals surface area contributed by atoms with Gasteiger partial charge in [-0.2, -0.15) is 0 Å². The van der Waals surface area contributed by atoms with Crippen molar-refractivity contribution in [2.45, 2.75) is 96.4 Å². The second kappa shape index (κ2) is 13.4. The van der Waals surface area contributed by atoms with Gasteiger partial charge in [0, 0.05) is 0 Å². The van der Waals surface area contributed by atoms with Gasteiger partial charge in [0.05, 0.1) is 25.1 Å². The minimum Gasteiger partial charge on any atom is -0.462 e. The molecule has 6 atom stereocenters. The first-order valence-electron chi connectivity index (χ1n) is 12.9. The fourth-order valence-electron chi connectivity index (χ4n) is 4.00. The van der Waals surface area contributed by atoms with Gasteiger partial charge in [0.25, 0.3) is 6.43 Å². The molecule has 42 heavy (non-hydrogen) atoms. The first-order chi connectivity index (χ1) is 19.5. The van der Waals surface area contributed by atoms with Crippen LogP contribution in [0.15, 0.2) is 12.7 Å². The number of fused-ring (bicyclic) bond motifs is 1. The lowest BCUT2D eigenvalue weighted by Gasteiger charge is -2.35. The predicted octanol–water partition coefficient (Wildman–Crippen LogP) is 1.74. The van der Waals surface area contributed by atoms with Gasteiger partial charge in [-0.1, -0.05) is 0 Å². The van der Waals surface area contributed by atoms with E-state index in [1.807, 2.05) is 0 Å². The number of nitrogen functional groups attached to an aromatic ring is 1. The fraction of sp³-hybridized carbons (Fsp3) is 0.696. The van der Waals surface area contributed by atoms with Crippen LogP contribution in [0.5, 0.6) is 0 Å². The van der Waals surface area contributed by atoms with Crippen molar-refractivity contribution in [1.82, 2.24) is 29.7 Å². The third-order valence-electron chi connectivity index (χ3n) is 6.06. The van der Waals surface area contributed by atoms with Crippen molar-refractivity contribution in [3.63, 3.8) is 0 Å². The first kappa shape index (κ1) is 34.0. The van der Waals surface area contributed by atoms with Gasteiger partial charge >= 0.3 is 11.9 Å².